The highest BCUT2D eigenvalue weighted by atomic mass is 28.4. The fraction of sp³-hybridized carbons (Fsp3) is 0.550. The minimum absolute atomic E-state index is 0.00995. The Hall–Kier alpha value is -2.14. The number of hydrogen-bond donors (Lipinski definition) is 0. The number of nitrogens with zero attached hydrogens (tertiary/aromatic N) is 2. The SMILES string of the molecule is CC(=O)N(CN1C(=O)CCC1C(=O)O[Si](C)(C)C)c1cccc(O[Si](C)(C)C)c1. The third-order valence-corrected chi connectivity index (χ3v) is 5.90. The molecule has 1 heterocycles. The molecule has 29 heavy (non-hydrogen) atoms. The van der Waals surface area contributed by atoms with Crippen molar-refractivity contribution in [1.29, 1.82) is 0 Å². The Kier molecular flexibility index (Phi) is 6.95. The fourth-order valence-corrected chi connectivity index (χ4v) is 4.68. The van der Waals surface area contributed by atoms with Crippen molar-refractivity contribution in [1.82, 2.24) is 4.90 Å². The Labute approximate surface area is 175 Å². The van der Waals surface area contributed by atoms with Crippen LogP contribution in [0.3, 0.4) is 0 Å². The van der Waals surface area contributed by atoms with Crippen LogP contribution in [0, 0.1) is 0 Å². The summed E-state index contributed by atoms with van der Waals surface area (Å²) in [4.78, 5) is 40.4. The van der Waals surface area contributed by atoms with Gasteiger partial charge in [-0.2, -0.15) is 0 Å². The lowest BCUT2D eigenvalue weighted by atomic mass is 10.2. The van der Waals surface area contributed by atoms with E-state index in [-0.39, 0.29) is 30.9 Å². The minimum atomic E-state index is -2.08. The fourth-order valence-electron chi connectivity index (χ4n) is 3.11. The second-order valence-corrected chi connectivity index (χ2v) is 18.1. The highest BCUT2D eigenvalue weighted by Crippen LogP contribution is 2.27. The van der Waals surface area contributed by atoms with Crippen LogP contribution < -0.4 is 9.33 Å². The normalized spacial score (nSPS) is 17.3. The lowest BCUT2D eigenvalue weighted by molar-refractivity contribution is -0.144. The summed E-state index contributed by atoms with van der Waals surface area (Å²) in [7, 11) is -3.88. The molecule has 2 amide bonds. The molecular weight excluding hydrogens is 404 g/mol. The van der Waals surface area contributed by atoms with Gasteiger partial charge in [0.1, 0.15) is 18.5 Å². The van der Waals surface area contributed by atoms with Crippen molar-refractivity contribution in [2.24, 2.45) is 0 Å². The van der Waals surface area contributed by atoms with E-state index in [1.165, 1.54) is 16.7 Å². The standard InChI is InChI=1S/C20H32N2O5Si2/c1-15(23)21(16-9-8-10-17(13-16)26-28(2,3)4)14-22-18(11-12-19(22)24)20(25)27-29(5,6)7/h8-10,13,18H,11-12,14H2,1-7H3. The van der Waals surface area contributed by atoms with Gasteiger partial charge in [0.25, 0.3) is 0 Å². The number of rotatable bonds is 7. The molecule has 1 aliphatic heterocycles. The number of hydrogen-bond acceptors (Lipinski definition) is 5. The summed E-state index contributed by atoms with van der Waals surface area (Å²) in [6.45, 7) is 13.5. The maximum absolute atomic E-state index is 12.6. The van der Waals surface area contributed by atoms with Crippen LogP contribution in [0.1, 0.15) is 19.8 Å². The molecule has 1 aliphatic rings. The van der Waals surface area contributed by atoms with Gasteiger partial charge in [-0.1, -0.05) is 6.07 Å². The van der Waals surface area contributed by atoms with E-state index in [0.717, 1.165) is 0 Å². The van der Waals surface area contributed by atoms with Crippen LogP contribution >= 0.6 is 0 Å². The zero-order valence-electron chi connectivity index (χ0n) is 18.4. The second kappa shape index (κ2) is 8.70. The van der Waals surface area contributed by atoms with E-state index in [2.05, 4.69) is 19.6 Å². The quantitative estimate of drug-likeness (QED) is 0.611. The molecule has 0 aromatic heterocycles. The summed E-state index contributed by atoms with van der Waals surface area (Å²) < 4.78 is 11.6. The number of anilines is 1. The average Bonchev–Trinajstić information content (AvgIpc) is 2.90. The first-order valence-electron chi connectivity index (χ1n) is 9.86. The third-order valence-electron chi connectivity index (χ3n) is 4.23. The predicted octanol–water partition coefficient (Wildman–Crippen LogP) is 3.58. The summed E-state index contributed by atoms with van der Waals surface area (Å²) >= 11 is 0. The van der Waals surface area contributed by atoms with Gasteiger partial charge in [-0.3, -0.25) is 19.3 Å². The molecule has 1 unspecified atom stereocenters. The van der Waals surface area contributed by atoms with Crippen molar-refractivity contribution in [3.8, 4) is 5.75 Å². The maximum atomic E-state index is 12.6. The summed E-state index contributed by atoms with van der Waals surface area (Å²) in [5.41, 5.74) is 0.630. The Bertz CT molecular complexity index is 786. The number of carbonyl (C=O) groups excluding carboxylic acids is 3. The van der Waals surface area contributed by atoms with Crippen LogP contribution in [0.25, 0.3) is 0 Å². The van der Waals surface area contributed by atoms with Crippen LogP contribution in [-0.4, -0.2) is 52.0 Å². The van der Waals surface area contributed by atoms with E-state index in [1.807, 2.05) is 31.8 Å². The maximum Gasteiger partial charge on any atom is 0.315 e. The van der Waals surface area contributed by atoms with Gasteiger partial charge in [-0.15, -0.1) is 0 Å². The highest BCUT2D eigenvalue weighted by molar-refractivity contribution is 6.71. The summed E-state index contributed by atoms with van der Waals surface area (Å²) in [6.07, 6.45) is 0.683. The number of likely N-dealkylation sites (tertiary alicyclic amines) is 1. The van der Waals surface area contributed by atoms with Gasteiger partial charge in [0.05, 0.1) is 0 Å². The van der Waals surface area contributed by atoms with Gasteiger partial charge in [0.15, 0.2) is 0 Å². The number of benzene rings is 1. The average molecular weight is 437 g/mol. The monoisotopic (exact) mass is 436 g/mol. The molecular formula is C20H32N2O5Si2. The van der Waals surface area contributed by atoms with Crippen molar-refractivity contribution < 1.29 is 23.2 Å². The molecule has 1 aromatic carbocycles. The number of amides is 2. The van der Waals surface area contributed by atoms with Crippen molar-refractivity contribution in [2.75, 3.05) is 11.6 Å². The topological polar surface area (TPSA) is 76.2 Å². The van der Waals surface area contributed by atoms with Crippen LogP contribution in [0.15, 0.2) is 24.3 Å². The molecule has 1 atom stereocenters. The summed E-state index contributed by atoms with van der Waals surface area (Å²) in [6, 6.07) is 6.63. The Morgan fingerprint density at radius 2 is 1.79 bits per heavy atom. The first kappa shape index (κ1) is 23.1. The lowest BCUT2D eigenvalue weighted by Crippen LogP contribution is -2.49. The molecule has 0 radical (unpaired) electrons. The highest BCUT2D eigenvalue weighted by Gasteiger charge is 2.40. The van der Waals surface area contributed by atoms with Crippen LogP contribution in [0.2, 0.25) is 39.3 Å². The molecule has 0 bridgehead atoms. The molecule has 1 fully saturated rings. The first-order chi connectivity index (χ1) is 13.3. The van der Waals surface area contributed by atoms with Crippen molar-refractivity contribution >= 4 is 40.1 Å². The molecule has 1 aromatic rings. The van der Waals surface area contributed by atoms with Gasteiger partial charge in [-0.25, -0.2) is 0 Å². The molecule has 0 aliphatic carbocycles. The molecule has 0 N–H and O–H groups in total. The smallest absolute Gasteiger partial charge is 0.315 e. The van der Waals surface area contributed by atoms with E-state index < -0.39 is 22.7 Å². The first-order valence-corrected chi connectivity index (χ1v) is 16.7. The van der Waals surface area contributed by atoms with E-state index >= 15 is 0 Å². The van der Waals surface area contributed by atoms with Gasteiger partial charge in [-0.05, 0) is 57.8 Å². The molecule has 1 saturated heterocycles. The largest absolute Gasteiger partial charge is 0.544 e. The van der Waals surface area contributed by atoms with Gasteiger partial charge in [0.2, 0.25) is 28.4 Å². The van der Waals surface area contributed by atoms with Gasteiger partial charge >= 0.3 is 5.97 Å². The molecule has 9 heteroatoms. The predicted molar refractivity (Wildman–Crippen MR) is 118 cm³/mol. The lowest BCUT2D eigenvalue weighted by Gasteiger charge is -2.32. The van der Waals surface area contributed by atoms with E-state index in [9.17, 15) is 14.4 Å². The van der Waals surface area contributed by atoms with Gasteiger partial charge < -0.3 is 13.8 Å². The van der Waals surface area contributed by atoms with Gasteiger partial charge in [0, 0.05) is 25.1 Å². The van der Waals surface area contributed by atoms with Crippen LogP contribution in [0.4, 0.5) is 5.69 Å². The summed E-state index contributed by atoms with van der Waals surface area (Å²) in [5.74, 6) is -0.0554. The van der Waals surface area contributed by atoms with Crippen LogP contribution in [-0.2, 0) is 18.8 Å². The molecule has 160 valence electrons. The molecule has 7 nitrogen and oxygen atoms in total. The van der Waals surface area contributed by atoms with E-state index in [4.69, 9.17) is 8.85 Å². The van der Waals surface area contributed by atoms with E-state index in [1.54, 1.807) is 12.1 Å². The zero-order chi connectivity index (χ0) is 22.0. The second-order valence-electron chi connectivity index (χ2n) is 9.25. The molecule has 0 saturated carbocycles. The minimum Gasteiger partial charge on any atom is -0.544 e. The zero-order valence-corrected chi connectivity index (χ0v) is 20.4. The van der Waals surface area contributed by atoms with Crippen molar-refractivity contribution in [3.05, 3.63) is 24.3 Å². The third kappa shape index (κ3) is 6.71. The van der Waals surface area contributed by atoms with Crippen LogP contribution in [0.5, 0.6) is 5.75 Å². The van der Waals surface area contributed by atoms with Crippen molar-refractivity contribution in [2.45, 2.75) is 65.1 Å². The van der Waals surface area contributed by atoms with E-state index in [0.29, 0.717) is 17.9 Å². The van der Waals surface area contributed by atoms with Crippen molar-refractivity contribution in [3.63, 3.8) is 0 Å². The molecule has 2 rings (SSSR count). The Morgan fingerprint density at radius 3 is 2.34 bits per heavy atom. The number of carbonyl (C=O) groups is 3. The Balaban J connectivity index is 2.25. The summed E-state index contributed by atoms with van der Waals surface area (Å²) in [5, 5.41) is 0. The molecule has 0 spiro atoms. The Morgan fingerprint density at radius 1 is 1.14 bits per heavy atom.